The highest BCUT2D eigenvalue weighted by Gasteiger charge is 2.25. The first-order chi connectivity index (χ1) is 8.41. The van der Waals surface area contributed by atoms with Crippen LogP contribution < -0.4 is 10.6 Å². The van der Waals surface area contributed by atoms with Gasteiger partial charge in [-0.15, -0.1) is 0 Å². The number of carbonyl (C=O) groups is 2. The molecule has 100 valence electrons. The Morgan fingerprint density at radius 3 is 2.28 bits per heavy atom. The normalized spacial score (nSPS) is 12.6. The summed E-state index contributed by atoms with van der Waals surface area (Å²) < 4.78 is 4.99. The average molecular weight is 252 g/mol. The highest BCUT2D eigenvalue weighted by atomic mass is 16.3. The predicted molar refractivity (Wildman–Crippen MR) is 68.1 cm³/mol. The Bertz CT molecular complexity index is 396. The molecule has 0 aliphatic heterocycles. The average Bonchev–Trinajstić information content (AvgIpc) is 2.77. The predicted octanol–water partition coefficient (Wildman–Crippen LogP) is 1.56. The van der Waals surface area contributed by atoms with Crippen molar-refractivity contribution < 1.29 is 14.0 Å². The van der Waals surface area contributed by atoms with Crippen molar-refractivity contribution in [3.63, 3.8) is 0 Å². The van der Waals surface area contributed by atoms with Gasteiger partial charge in [0, 0.05) is 6.04 Å². The van der Waals surface area contributed by atoms with Crippen LogP contribution in [0.25, 0.3) is 0 Å². The van der Waals surface area contributed by atoms with Gasteiger partial charge in [-0.3, -0.25) is 9.59 Å². The van der Waals surface area contributed by atoms with Gasteiger partial charge in [0.2, 0.25) is 5.91 Å². The summed E-state index contributed by atoms with van der Waals surface area (Å²) in [6, 6.07) is 2.67. The van der Waals surface area contributed by atoms with Gasteiger partial charge in [-0.2, -0.15) is 0 Å². The molecule has 0 aliphatic carbocycles. The molecule has 1 aromatic heterocycles. The largest absolute Gasteiger partial charge is 0.459 e. The van der Waals surface area contributed by atoms with Crippen LogP contribution in [0.15, 0.2) is 22.8 Å². The number of rotatable bonds is 5. The fraction of sp³-hybridized carbons (Fsp3) is 0.538. The third-order valence-electron chi connectivity index (χ3n) is 2.41. The van der Waals surface area contributed by atoms with Gasteiger partial charge in [-0.25, -0.2) is 0 Å². The van der Waals surface area contributed by atoms with E-state index in [0.29, 0.717) is 0 Å². The Balaban J connectivity index is 2.69. The van der Waals surface area contributed by atoms with Crippen molar-refractivity contribution in [3.05, 3.63) is 24.2 Å². The smallest absolute Gasteiger partial charge is 0.287 e. The van der Waals surface area contributed by atoms with E-state index in [2.05, 4.69) is 10.6 Å². The molecule has 1 aromatic rings. The molecule has 0 aliphatic rings. The Kier molecular flexibility index (Phi) is 4.95. The second-order valence-corrected chi connectivity index (χ2v) is 4.84. The zero-order chi connectivity index (χ0) is 13.7. The molecular formula is C13H20N2O3. The van der Waals surface area contributed by atoms with Gasteiger partial charge in [0.15, 0.2) is 5.76 Å². The van der Waals surface area contributed by atoms with E-state index in [1.54, 1.807) is 12.1 Å². The summed E-state index contributed by atoms with van der Waals surface area (Å²) >= 11 is 0. The number of hydrogen-bond donors (Lipinski definition) is 2. The topological polar surface area (TPSA) is 71.3 Å². The molecule has 0 spiro atoms. The minimum Gasteiger partial charge on any atom is -0.459 e. The fourth-order valence-corrected chi connectivity index (χ4v) is 1.53. The number of hydrogen-bond acceptors (Lipinski definition) is 3. The molecular weight excluding hydrogens is 232 g/mol. The van der Waals surface area contributed by atoms with Crippen LogP contribution in [-0.4, -0.2) is 23.9 Å². The minimum atomic E-state index is -0.565. The molecule has 0 aromatic carbocycles. The molecule has 1 heterocycles. The molecule has 1 rings (SSSR count). The number of amides is 2. The summed E-state index contributed by atoms with van der Waals surface area (Å²) in [6.07, 6.45) is 1.42. The van der Waals surface area contributed by atoms with Crippen molar-refractivity contribution in [1.82, 2.24) is 10.6 Å². The summed E-state index contributed by atoms with van der Waals surface area (Å²) in [7, 11) is 0. The number of carbonyl (C=O) groups excluding carboxylic acids is 2. The first-order valence-electron chi connectivity index (χ1n) is 6.06. The highest BCUT2D eigenvalue weighted by molar-refractivity contribution is 5.95. The zero-order valence-electron chi connectivity index (χ0n) is 11.2. The van der Waals surface area contributed by atoms with E-state index in [1.807, 2.05) is 27.7 Å². The first kappa shape index (κ1) is 14.3. The molecule has 2 N–H and O–H groups in total. The van der Waals surface area contributed by atoms with Crippen LogP contribution in [0.3, 0.4) is 0 Å². The standard InChI is InChI=1S/C13H20N2O3/c1-8(2)11(13(17)14-9(3)4)15-12(16)10-6-5-7-18-10/h5-9,11H,1-4H3,(H,14,17)(H,15,16). The van der Waals surface area contributed by atoms with Gasteiger partial charge < -0.3 is 15.1 Å². The van der Waals surface area contributed by atoms with Gasteiger partial charge >= 0.3 is 0 Å². The monoisotopic (exact) mass is 252 g/mol. The molecule has 2 amide bonds. The second-order valence-electron chi connectivity index (χ2n) is 4.84. The number of nitrogens with one attached hydrogen (secondary N) is 2. The van der Waals surface area contributed by atoms with E-state index < -0.39 is 6.04 Å². The summed E-state index contributed by atoms with van der Waals surface area (Å²) in [4.78, 5) is 23.8. The van der Waals surface area contributed by atoms with Gasteiger partial charge in [0.25, 0.3) is 5.91 Å². The number of furan rings is 1. The molecule has 0 bridgehead atoms. The summed E-state index contributed by atoms with van der Waals surface area (Å²) in [5.41, 5.74) is 0. The van der Waals surface area contributed by atoms with Crippen LogP contribution in [-0.2, 0) is 4.79 Å². The Morgan fingerprint density at radius 1 is 1.17 bits per heavy atom. The quantitative estimate of drug-likeness (QED) is 0.835. The van der Waals surface area contributed by atoms with E-state index in [1.165, 1.54) is 6.26 Å². The van der Waals surface area contributed by atoms with Crippen molar-refractivity contribution >= 4 is 11.8 Å². The van der Waals surface area contributed by atoms with Crippen molar-refractivity contribution in [2.45, 2.75) is 39.8 Å². The van der Waals surface area contributed by atoms with E-state index in [4.69, 9.17) is 4.42 Å². The molecule has 5 heteroatoms. The van der Waals surface area contributed by atoms with E-state index in [-0.39, 0.29) is 29.5 Å². The molecule has 0 saturated carbocycles. The van der Waals surface area contributed by atoms with Crippen LogP contribution in [0.1, 0.15) is 38.2 Å². The maximum Gasteiger partial charge on any atom is 0.287 e. The minimum absolute atomic E-state index is 0.00247. The molecule has 18 heavy (non-hydrogen) atoms. The van der Waals surface area contributed by atoms with Crippen LogP contribution >= 0.6 is 0 Å². The molecule has 0 saturated heterocycles. The Morgan fingerprint density at radius 2 is 1.83 bits per heavy atom. The van der Waals surface area contributed by atoms with E-state index in [0.717, 1.165) is 0 Å². The molecule has 5 nitrogen and oxygen atoms in total. The lowest BCUT2D eigenvalue weighted by Crippen LogP contribution is -2.51. The van der Waals surface area contributed by atoms with Crippen LogP contribution in [0, 0.1) is 5.92 Å². The van der Waals surface area contributed by atoms with Gasteiger partial charge in [-0.1, -0.05) is 13.8 Å². The zero-order valence-corrected chi connectivity index (χ0v) is 11.2. The summed E-state index contributed by atoms with van der Waals surface area (Å²) in [5, 5.41) is 5.47. The van der Waals surface area contributed by atoms with Crippen molar-refractivity contribution in [2.75, 3.05) is 0 Å². The molecule has 1 unspecified atom stereocenters. The Labute approximate surface area is 107 Å². The maximum atomic E-state index is 11.9. The Hall–Kier alpha value is -1.78. The lowest BCUT2D eigenvalue weighted by molar-refractivity contribution is -0.124. The highest BCUT2D eigenvalue weighted by Crippen LogP contribution is 2.06. The summed E-state index contributed by atoms with van der Waals surface area (Å²) in [6.45, 7) is 7.52. The van der Waals surface area contributed by atoms with Crippen LogP contribution in [0.2, 0.25) is 0 Å². The van der Waals surface area contributed by atoms with Gasteiger partial charge in [0.05, 0.1) is 6.26 Å². The van der Waals surface area contributed by atoms with E-state index in [9.17, 15) is 9.59 Å². The SMILES string of the molecule is CC(C)NC(=O)C(NC(=O)c1ccco1)C(C)C. The third kappa shape index (κ3) is 3.91. The maximum absolute atomic E-state index is 11.9. The molecule has 0 fully saturated rings. The fourth-order valence-electron chi connectivity index (χ4n) is 1.53. The van der Waals surface area contributed by atoms with Crippen molar-refractivity contribution in [3.8, 4) is 0 Å². The second kappa shape index (κ2) is 6.23. The van der Waals surface area contributed by atoms with E-state index >= 15 is 0 Å². The molecule has 1 atom stereocenters. The van der Waals surface area contributed by atoms with Gasteiger partial charge in [0.1, 0.15) is 6.04 Å². The van der Waals surface area contributed by atoms with Crippen LogP contribution in [0.5, 0.6) is 0 Å². The van der Waals surface area contributed by atoms with Crippen molar-refractivity contribution in [1.29, 1.82) is 0 Å². The van der Waals surface area contributed by atoms with Gasteiger partial charge in [-0.05, 0) is 31.9 Å². The lowest BCUT2D eigenvalue weighted by atomic mass is 10.0. The van der Waals surface area contributed by atoms with Crippen molar-refractivity contribution in [2.24, 2.45) is 5.92 Å². The lowest BCUT2D eigenvalue weighted by Gasteiger charge is -2.22. The third-order valence-corrected chi connectivity index (χ3v) is 2.41. The van der Waals surface area contributed by atoms with Crippen LogP contribution in [0.4, 0.5) is 0 Å². The summed E-state index contributed by atoms with van der Waals surface area (Å²) in [5.74, 6) is -0.349. The molecule has 0 radical (unpaired) electrons. The first-order valence-corrected chi connectivity index (χ1v) is 6.06.